The Morgan fingerprint density at radius 1 is 1.09 bits per heavy atom. The molecule has 1 aromatic carbocycles. The first kappa shape index (κ1) is 21.0. The summed E-state index contributed by atoms with van der Waals surface area (Å²) in [5.74, 6) is 1.21. The molecule has 0 unspecified atom stereocenters. The third-order valence-corrected chi connectivity index (χ3v) is 7.12. The topological polar surface area (TPSA) is 69.3 Å². The summed E-state index contributed by atoms with van der Waals surface area (Å²) in [6, 6.07) is 11.7. The maximum Gasteiger partial charge on any atom is 0.226 e. The third kappa shape index (κ3) is 3.32. The summed E-state index contributed by atoms with van der Waals surface area (Å²) in [7, 11) is 1.65. The number of aromatic nitrogens is 3. The molecule has 0 N–H and O–H groups in total. The van der Waals surface area contributed by atoms with Crippen molar-refractivity contribution in [1.29, 1.82) is 0 Å². The van der Waals surface area contributed by atoms with Gasteiger partial charge in [0, 0.05) is 40.4 Å². The molecule has 6 nitrogen and oxygen atoms in total. The fourth-order valence-electron chi connectivity index (χ4n) is 5.36. The van der Waals surface area contributed by atoms with E-state index in [1.807, 2.05) is 49.4 Å². The number of nitrogens with zero attached hydrogens (tertiary/aromatic N) is 4. The largest absolute Gasteiger partial charge is 0.497 e. The Kier molecular flexibility index (Phi) is 5.05. The quantitative estimate of drug-likeness (QED) is 0.537. The smallest absolute Gasteiger partial charge is 0.226 e. The second-order valence-corrected chi connectivity index (χ2v) is 8.91. The van der Waals surface area contributed by atoms with Crippen molar-refractivity contribution in [3.05, 3.63) is 83.2 Å². The van der Waals surface area contributed by atoms with E-state index in [1.165, 1.54) is 0 Å². The Balaban J connectivity index is 1.79. The number of ether oxygens (including phenoxy) is 1. The van der Waals surface area contributed by atoms with Gasteiger partial charge < -0.3 is 9.53 Å². The average Bonchev–Trinajstić information content (AvgIpc) is 2.86. The van der Waals surface area contributed by atoms with Crippen LogP contribution in [0.1, 0.15) is 31.5 Å². The minimum Gasteiger partial charge on any atom is -0.497 e. The van der Waals surface area contributed by atoms with Crippen LogP contribution in [0.2, 0.25) is 0 Å². The Morgan fingerprint density at radius 2 is 1.82 bits per heavy atom. The molecule has 0 aliphatic heterocycles. The van der Waals surface area contributed by atoms with Crippen LogP contribution in [0.4, 0.5) is 0 Å². The van der Waals surface area contributed by atoms with Crippen LogP contribution in [0.25, 0.3) is 27.5 Å². The minimum absolute atomic E-state index is 0.0604. The number of benzene rings is 1. The van der Waals surface area contributed by atoms with Gasteiger partial charge in [-0.05, 0) is 55.2 Å². The first-order chi connectivity index (χ1) is 16.0. The fraction of sp³-hybridized carbons (Fsp3) is 0.296. The van der Waals surface area contributed by atoms with E-state index >= 15 is 0 Å². The van der Waals surface area contributed by atoms with Crippen LogP contribution in [-0.4, -0.2) is 27.8 Å². The van der Waals surface area contributed by atoms with Crippen LogP contribution in [0.15, 0.2) is 60.6 Å². The van der Waals surface area contributed by atoms with Crippen molar-refractivity contribution in [2.24, 2.45) is 11.8 Å². The van der Waals surface area contributed by atoms with Crippen LogP contribution in [0.5, 0.6) is 5.75 Å². The van der Waals surface area contributed by atoms with Crippen LogP contribution >= 0.6 is 0 Å². The number of allylic oxidation sites excluding steroid dienone is 2. The van der Waals surface area contributed by atoms with Gasteiger partial charge in [0.2, 0.25) is 5.70 Å². The number of carbonyl (C=O) groups excluding carboxylic acids is 1. The summed E-state index contributed by atoms with van der Waals surface area (Å²) in [4.78, 5) is 30.5. The average molecular weight is 437 g/mol. The molecular weight excluding hydrogens is 412 g/mol. The van der Waals surface area contributed by atoms with Crippen molar-refractivity contribution < 1.29 is 9.53 Å². The number of hydrogen-bond acceptors (Lipinski definition) is 5. The number of pyridine rings is 1. The lowest BCUT2D eigenvalue weighted by atomic mass is 9.58. The molecule has 6 heteroatoms. The van der Waals surface area contributed by atoms with Crippen molar-refractivity contribution >= 4 is 5.78 Å². The minimum atomic E-state index is -0.521. The summed E-state index contributed by atoms with van der Waals surface area (Å²) in [6.45, 7) is 11.6. The van der Waals surface area contributed by atoms with E-state index < -0.39 is 5.41 Å². The third-order valence-electron chi connectivity index (χ3n) is 7.12. The Hall–Kier alpha value is -3.85. The molecule has 2 heterocycles. The zero-order valence-electron chi connectivity index (χ0n) is 18.9. The number of carbonyl (C=O) groups is 1. The second-order valence-electron chi connectivity index (χ2n) is 8.91. The highest BCUT2D eigenvalue weighted by molar-refractivity contribution is 6.00. The number of fused-ring (bicyclic) bond motifs is 3. The van der Waals surface area contributed by atoms with Crippen LogP contribution in [0.3, 0.4) is 0 Å². The molecule has 3 atom stereocenters. The van der Waals surface area contributed by atoms with Crippen LogP contribution in [0, 0.1) is 18.4 Å². The fourth-order valence-corrected chi connectivity index (χ4v) is 5.36. The van der Waals surface area contributed by atoms with Gasteiger partial charge >= 0.3 is 0 Å². The van der Waals surface area contributed by atoms with Gasteiger partial charge in [-0.2, -0.15) is 0 Å². The Labute approximate surface area is 193 Å². The molecule has 2 aliphatic rings. The lowest BCUT2D eigenvalue weighted by Crippen LogP contribution is -2.46. The van der Waals surface area contributed by atoms with Crippen LogP contribution in [-0.2, 0) is 16.6 Å². The Morgan fingerprint density at radius 3 is 2.48 bits per heavy atom. The van der Waals surface area contributed by atoms with Gasteiger partial charge in [-0.25, -0.2) is 14.8 Å². The molecule has 0 saturated heterocycles. The summed E-state index contributed by atoms with van der Waals surface area (Å²) >= 11 is 0. The van der Waals surface area contributed by atoms with E-state index in [0.717, 1.165) is 46.7 Å². The van der Waals surface area contributed by atoms with E-state index in [4.69, 9.17) is 21.3 Å². The van der Waals surface area contributed by atoms with Crippen molar-refractivity contribution in [2.75, 3.05) is 7.11 Å². The zero-order valence-corrected chi connectivity index (χ0v) is 18.9. The zero-order chi connectivity index (χ0) is 23.2. The molecule has 0 radical (unpaired) electrons. The molecule has 3 aromatic rings. The maximum atomic E-state index is 12.8. The number of Topliss-reactive ketones (excluding diaryl/α,β-unsaturated/α-hetero) is 1. The highest BCUT2D eigenvalue weighted by Crippen LogP contribution is 2.51. The number of hydrogen-bond donors (Lipinski definition) is 0. The van der Waals surface area contributed by atoms with E-state index in [9.17, 15) is 4.79 Å². The van der Waals surface area contributed by atoms with Gasteiger partial charge in [-0.3, -0.25) is 4.98 Å². The predicted octanol–water partition coefficient (Wildman–Crippen LogP) is 5.06. The molecular formula is C27H24N4O2. The molecule has 0 spiro atoms. The molecule has 0 bridgehead atoms. The molecule has 33 heavy (non-hydrogen) atoms. The monoisotopic (exact) mass is 436 g/mol. The van der Waals surface area contributed by atoms with Crippen LogP contribution < -0.4 is 4.74 Å². The van der Waals surface area contributed by atoms with E-state index in [2.05, 4.69) is 16.8 Å². The predicted molar refractivity (Wildman–Crippen MR) is 125 cm³/mol. The van der Waals surface area contributed by atoms with Gasteiger partial charge in [-0.1, -0.05) is 19.9 Å². The SMILES string of the molecule is [C-]#[N+]C1=C[C@@]2(C)c3nc(-c4ccncc4)nc(-c4ccc(OC)cc4)c3CC[C@@H]2[C@@H](C)C1=O. The molecule has 2 aliphatic carbocycles. The van der Waals surface area contributed by atoms with Gasteiger partial charge in [-0.15, -0.1) is 0 Å². The van der Waals surface area contributed by atoms with E-state index in [1.54, 1.807) is 19.5 Å². The highest BCUT2D eigenvalue weighted by Gasteiger charge is 2.49. The maximum absolute atomic E-state index is 12.8. The molecule has 0 fully saturated rings. The van der Waals surface area contributed by atoms with Crippen molar-refractivity contribution in [3.8, 4) is 28.4 Å². The molecule has 5 rings (SSSR count). The number of rotatable bonds is 3. The lowest BCUT2D eigenvalue weighted by molar-refractivity contribution is -0.121. The summed E-state index contributed by atoms with van der Waals surface area (Å²) in [6.07, 6.45) is 6.94. The normalized spacial score (nSPS) is 23.7. The molecule has 164 valence electrons. The molecule has 0 saturated carbocycles. The van der Waals surface area contributed by atoms with E-state index in [0.29, 0.717) is 5.82 Å². The van der Waals surface area contributed by atoms with Gasteiger partial charge in [0.15, 0.2) is 11.6 Å². The number of ketones is 1. The molecule has 2 aromatic heterocycles. The van der Waals surface area contributed by atoms with Gasteiger partial charge in [0.25, 0.3) is 0 Å². The standard InChI is InChI=1S/C27H24N4O2/c1-16-21-10-9-20-23(17-5-7-19(33-4)8-6-17)30-26(18-11-13-29-14-12-18)31-25(20)27(21,2)15-22(28-3)24(16)32/h5-8,11-16,21H,9-10H2,1-2,4H3/t16-,21-,27-/m1/s1. The summed E-state index contributed by atoms with van der Waals surface area (Å²) < 4.78 is 5.34. The summed E-state index contributed by atoms with van der Waals surface area (Å²) in [5, 5.41) is 0. The lowest BCUT2D eigenvalue weighted by Gasteiger charge is -2.46. The summed E-state index contributed by atoms with van der Waals surface area (Å²) in [5.41, 5.74) is 4.43. The second kappa shape index (κ2) is 7.93. The Bertz CT molecular complexity index is 1310. The van der Waals surface area contributed by atoms with Crippen molar-refractivity contribution in [1.82, 2.24) is 15.0 Å². The van der Waals surface area contributed by atoms with E-state index in [-0.39, 0.29) is 23.3 Å². The van der Waals surface area contributed by atoms with Gasteiger partial charge in [0.05, 0.1) is 25.1 Å². The van der Waals surface area contributed by atoms with Crippen molar-refractivity contribution in [3.63, 3.8) is 0 Å². The highest BCUT2D eigenvalue weighted by atomic mass is 16.5. The van der Waals surface area contributed by atoms with Crippen molar-refractivity contribution in [2.45, 2.75) is 32.1 Å². The van der Waals surface area contributed by atoms with Gasteiger partial charge in [0.1, 0.15) is 5.75 Å². The number of methoxy groups -OCH3 is 1. The molecule has 0 amide bonds. The first-order valence-corrected chi connectivity index (χ1v) is 11.1. The first-order valence-electron chi connectivity index (χ1n) is 11.1.